The second-order valence-electron chi connectivity index (χ2n) is 8.30. The number of carbonyl (C=O) groups is 1. The lowest BCUT2D eigenvalue weighted by Crippen LogP contribution is -2.60. The van der Waals surface area contributed by atoms with Gasteiger partial charge in [0.25, 0.3) is 0 Å². The number of carbonyl (C=O) groups excluding carboxylic acids is 1. The molecule has 0 unspecified atom stereocenters. The number of nitrogens with one attached hydrogen (secondary N) is 2. The van der Waals surface area contributed by atoms with Crippen LogP contribution < -0.4 is 10.6 Å². The van der Waals surface area contributed by atoms with Crippen LogP contribution in [0.1, 0.15) is 38.5 Å². The molecule has 2 N–H and O–H groups in total. The van der Waals surface area contributed by atoms with Gasteiger partial charge in [0.15, 0.2) is 0 Å². The van der Waals surface area contributed by atoms with Crippen LogP contribution >= 0.6 is 0 Å². The van der Waals surface area contributed by atoms with Crippen LogP contribution in [0, 0.1) is 17.8 Å². The second-order valence-corrected chi connectivity index (χ2v) is 8.30. The lowest BCUT2D eigenvalue weighted by Gasteiger charge is -2.56. The molecule has 1 aromatic heterocycles. The normalized spacial score (nSPS) is 32.6. The van der Waals surface area contributed by atoms with Gasteiger partial charge in [-0.05, 0) is 74.5 Å². The lowest BCUT2D eigenvalue weighted by molar-refractivity contribution is -0.0127. The molecule has 0 saturated heterocycles. The SMILES string of the molecule is O=C(Nc1cccc(-n2ccnc2)c1)NC12CC3CC(CC(C3)C1)C2. The third kappa shape index (κ3) is 2.81. The number of urea groups is 1. The standard InChI is InChI=1S/C20H24N4O/c25-19(22-17-2-1-3-18(9-17)24-5-4-21-13-24)23-20-10-14-6-15(11-20)8-16(7-14)12-20/h1-5,9,13-16H,6-8,10-12H2,(H2,22,23,25). The highest BCUT2D eigenvalue weighted by Gasteiger charge is 2.51. The molecule has 2 amide bonds. The number of anilines is 1. The molecule has 4 fully saturated rings. The van der Waals surface area contributed by atoms with E-state index in [1.807, 2.05) is 35.0 Å². The van der Waals surface area contributed by atoms with Crippen molar-refractivity contribution in [3.63, 3.8) is 0 Å². The molecule has 25 heavy (non-hydrogen) atoms. The third-order valence-electron chi connectivity index (χ3n) is 6.32. The Morgan fingerprint density at radius 3 is 2.48 bits per heavy atom. The number of hydrogen-bond acceptors (Lipinski definition) is 2. The first kappa shape index (κ1) is 15.0. The minimum absolute atomic E-state index is 0.0425. The molecular formula is C20H24N4O. The van der Waals surface area contributed by atoms with Crippen molar-refractivity contribution < 1.29 is 4.79 Å². The molecule has 4 bridgehead atoms. The fourth-order valence-electron chi connectivity index (χ4n) is 5.82. The number of aromatic nitrogens is 2. The maximum Gasteiger partial charge on any atom is 0.319 e. The van der Waals surface area contributed by atoms with Gasteiger partial charge < -0.3 is 15.2 Å². The summed E-state index contributed by atoms with van der Waals surface area (Å²) in [6.45, 7) is 0. The number of benzene rings is 1. The summed E-state index contributed by atoms with van der Waals surface area (Å²) in [6.07, 6.45) is 13.1. The van der Waals surface area contributed by atoms with Crippen LogP contribution in [0.4, 0.5) is 10.5 Å². The molecule has 0 spiro atoms. The minimum atomic E-state index is -0.0651. The van der Waals surface area contributed by atoms with Gasteiger partial charge >= 0.3 is 6.03 Å². The molecular weight excluding hydrogens is 312 g/mol. The predicted octanol–water partition coefficient (Wildman–Crippen LogP) is 3.96. The van der Waals surface area contributed by atoms with Crippen molar-refractivity contribution in [2.24, 2.45) is 17.8 Å². The molecule has 2 aromatic rings. The molecule has 4 aliphatic carbocycles. The van der Waals surface area contributed by atoms with E-state index in [2.05, 4.69) is 15.6 Å². The summed E-state index contributed by atoms with van der Waals surface area (Å²) in [7, 11) is 0. The van der Waals surface area contributed by atoms with Crippen LogP contribution in [0.25, 0.3) is 5.69 Å². The van der Waals surface area contributed by atoms with Crippen LogP contribution in [0.2, 0.25) is 0 Å². The highest BCUT2D eigenvalue weighted by Crippen LogP contribution is 2.55. The van der Waals surface area contributed by atoms with Crippen LogP contribution in [0.5, 0.6) is 0 Å². The minimum Gasteiger partial charge on any atom is -0.332 e. The van der Waals surface area contributed by atoms with E-state index in [9.17, 15) is 4.79 Å². The molecule has 1 heterocycles. The Morgan fingerprint density at radius 1 is 1.12 bits per heavy atom. The van der Waals surface area contributed by atoms with Gasteiger partial charge in [-0.1, -0.05) is 6.07 Å². The van der Waals surface area contributed by atoms with Gasteiger partial charge in [0.05, 0.1) is 6.33 Å². The first-order chi connectivity index (χ1) is 12.2. The summed E-state index contributed by atoms with van der Waals surface area (Å²) < 4.78 is 1.93. The van der Waals surface area contributed by atoms with Gasteiger partial charge in [0, 0.05) is 29.3 Å². The molecule has 1 aromatic carbocycles. The number of amides is 2. The summed E-state index contributed by atoms with van der Waals surface area (Å²) in [5.41, 5.74) is 1.85. The molecule has 130 valence electrons. The van der Waals surface area contributed by atoms with E-state index >= 15 is 0 Å². The molecule has 5 nitrogen and oxygen atoms in total. The van der Waals surface area contributed by atoms with Crippen LogP contribution in [0.3, 0.4) is 0 Å². The maximum absolute atomic E-state index is 12.7. The Bertz CT molecular complexity index is 747. The van der Waals surface area contributed by atoms with Gasteiger partial charge in [-0.15, -0.1) is 0 Å². The third-order valence-corrected chi connectivity index (χ3v) is 6.32. The van der Waals surface area contributed by atoms with Crippen molar-refractivity contribution in [1.82, 2.24) is 14.9 Å². The smallest absolute Gasteiger partial charge is 0.319 e. The Labute approximate surface area is 147 Å². The van der Waals surface area contributed by atoms with Gasteiger partial charge in [0.2, 0.25) is 0 Å². The predicted molar refractivity (Wildman–Crippen MR) is 96.6 cm³/mol. The van der Waals surface area contributed by atoms with E-state index in [4.69, 9.17) is 0 Å². The van der Waals surface area contributed by atoms with Crippen LogP contribution in [-0.4, -0.2) is 21.1 Å². The molecule has 4 aliphatic rings. The van der Waals surface area contributed by atoms with Crippen molar-refractivity contribution >= 4 is 11.7 Å². The average Bonchev–Trinajstić information content (AvgIpc) is 3.07. The fraction of sp³-hybridized carbons (Fsp3) is 0.500. The van der Waals surface area contributed by atoms with E-state index < -0.39 is 0 Å². The van der Waals surface area contributed by atoms with Crippen molar-refractivity contribution in [1.29, 1.82) is 0 Å². The quantitative estimate of drug-likeness (QED) is 0.891. The molecule has 0 aliphatic heterocycles. The second kappa shape index (κ2) is 5.61. The number of rotatable bonds is 3. The van der Waals surface area contributed by atoms with Crippen molar-refractivity contribution in [3.05, 3.63) is 43.0 Å². The van der Waals surface area contributed by atoms with Crippen LogP contribution in [0.15, 0.2) is 43.0 Å². The zero-order valence-corrected chi connectivity index (χ0v) is 14.3. The lowest BCUT2D eigenvalue weighted by atomic mass is 9.53. The Morgan fingerprint density at radius 2 is 1.84 bits per heavy atom. The van der Waals surface area contributed by atoms with Crippen molar-refractivity contribution in [2.45, 2.75) is 44.1 Å². The maximum atomic E-state index is 12.7. The highest BCUT2D eigenvalue weighted by molar-refractivity contribution is 5.90. The largest absolute Gasteiger partial charge is 0.332 e. The first-order valence-corrected chi connectivity index (χ1v) is 9.35. The summed E-state index contributed by atoms with van der Waals surface area (Å²) in [5.74, 6) is 2.49. The van der Waals surface area contributed by atoms with Gasteiger partial charge in [-0.3, -0.25) is 0 Å². The summed E-state index contributed by atoms with van der Waals surface area (Å²) in [5, 5.41) is 6.39. The Balaban J connectivity index is 1.29. The highest BCUT2D eigenvalue weighted by atomic mass is 16.2. The van der Waals surface area contributed by atoms with Gasteiger partial charge in [-0.2, -0.15) is 0 Å². The summed E-state index contributed by atoms with van der Waals surface area (Å²) in [6, 6.07) is 7.80. The first-order valence-electron chi connectivity index (χ1n) is 9.35. The molecule has 6 rings (SSSR count). The van der Waals surface area contributed by atoms with E-state index in [0.29, 0.717) is 0 Å². The zero-order chi connectivity index (χ0) is 16.9. The summed E-state index contributed by atoms with van der Waals surface area (Å²) >= 11 is 0. The molecule has 5 heteroatoms. The number of imidazole rings is 1. The van der Waals surface area contributed by atoms with Crippen molar-refractivity contribution in [2.75, 3.05) is 5.32 Å². The Hall–Kier alpha value is -2.30. The van der Waals surface area contributed by atoms with Gasteiger partial charge in [-0.25, -0.2) is 9.78 Å². The molecule has 0 atom stereocenters. The Kier molecular flexibility index (Phi) is 3.37. The van der Waals surface area contributed by atoms with E-state index in [1.54, 1.807) is 12.5 Å². The topological polar surface area (TPSA) is 59.0 Å². The summed E-state index contributed by atoms with van der Waals surface area (Å²) in [4.78, 5) is 16.7. The van der Waals surface area contributed by atoms with Crippen molar-refractivity contribution in [3.8, 4) is 5.69 Å². The molecule has 0 radical (unpaired) electrons. The number of hydrogen-bond donors (Lipinski definition) is 2. The van der Waals surface area contributed by atoms with E-state index in [1.165, 1.54) is 38.5 Å². The average molecular weight is 336 g/mol. The van der Waals surface area contributed by atoms with E-state index in [-0.39, 0.29) is 11.6 Å². The van der Waals surface area contributed by atoms with Gasteiger partial charge in [0.1, 0.15) is 0 Å². The van der Waals surface area contributed by atoms with Crippen LogP contribution in [-0.2, 0) is 0 Å². The fourth-order valence-corrected chi connectivity index (χ4v) is 5.82. The van der Waals surface area contributed by atoms with E-state index in [0.717, 1.165) is 29.1 Å². The monoisotopic (exact) mass is 336 g/mol. The zero-order valence-electron chi connectivity index (χ0n) is 14.3. The molecule has 4 saturated carbocycles. The number of nitrogens with zero attached hydrogens (tertiary/aromatic N) is 2.